The second-order valence-corrected chi connectivity index (χ2v) is 12.4. The summed E-state index contributed by atoms with van der Waals surface area (Å²) < 4.78 is 9.99. The lowest BCUT2D eigenvalue weighted by Gasteiger charge is -2.35. The van der Waals surface area contributed by atoms with Crippen molar-refractivity contribution in [3.8, 4) is 33.1 Å². The van der Waals surface area contributed by atoms with Crippen LogP contribution in [0.4, 0.5) is 0 Å². The summed E-state index contributed by atoms with van der Waals surface area (Å²) in [4.78, 5) is 17.6. The molecule has 0 spiro atoms. The van der Waals surface area contributed by atoms with Gasteiger partial charge in [0.1, 0.15) is 17.1 Å². The van der Waals surface area contributed by atoms with Crippen molar-refractivity contribution in [2.75, 3.05) is 13.7 Å². The molecule has 0 saturated heterocycles. The van der Waals surface area contributed by atoms with E-state index in [1.54, 1.807) is 18.4 Å². The predicted molar refractivity (Wildman–Crippen MR) is 163 cm³/mol. The lowest BCUT2D eigenvalue weighted by Crippen LogP contribution is -2.46. The quantitative estimate of drug-likeness (QED) is 0.218. The van der Waals surface area contributed by atoms with Gasteiger partial charge < -0.3 is 14.2 Å². The molecule has 0 fully saturated rings. The fourth-order valence-corrected chi connectivity index (χ4v) is 6.85. The Kier molecular flexibility index (Phi) is 7.91. The van der Waals surface area contributed by atoms with Crippen LogP contribution >= 0.6 is 11.3 Å². The number of ether oxygens (including phenoxy) is 1. The zero-order valence-corrected chi connectivity index (χ0v) is 25.7. The van der Waals surface area contributed by atoms with Crippen LogP contribution in [0.3, 0.4) is 0 Å². The Morgan fingerprint density at radius 3 is 2.55 bits per heavy atom. The zero-order valence-electron chi connectivity index (χ0n) is 24.9. The molecule has 3 aromatic heterocycles. The fourth-order valence-electron chi connectivity index (χ4n) is 6.05. The molecule has 7 nitrogen and oxygen atoms in total. The minimum Gasteiger partial charge on any atom is -0.494 e. The number of hydrogen-bond acceptors (Lipinski definition) is 5. The Morgan fingerprint density at radius 1 is 1.15 bits per heavy atom. The molecule has 1 amide bonds. The summed E-state index contributed by atoms with van der Waals surface area (Å²) in [5, 5.41) is 11.0. The Bertz CT molecular complexity index is 1510. The Labute approximate surface area is 241 Å². The Balaban J connectivity index is 1.80. The molecule has 0 saturated carbocycles. The number of methoxy groups -OCH3 is 1. The van der Waals surface area contributed by atoms with Gasteiger partial charge in [0.25, 0.3) is 5.91 Å². The third-order valence-corrected chi connectivity index (χ3v) is 8.65. The number of carbonyl (C=O) groups excluding carboxylic acids is 1. The largest absolute Gasteiger partial charge is 0.494 e. The SMILES string of the molecule is CCCc1cn(-c2cc3c(cc2OC)CCn2c(C(=O)N(CC)C(C)(C)C)c(CCC)c(-c4cccs4)c2-3)nn1. The van der Waals surface area contributed by atoms with Gasteiger partial charge in [-0.1, -0.05) is 38.0 Å². The first-order valence-corrected chi connectivity index (χ1v) is 15.3. The number of rotatable bonds is 9. The van der Waals surface area contributed by atoms with E-state index in [4.69, 9.17) is 4.74 Å². The second-order valence-electron chi connectivity index (χ2n) is 11.5. The van der Waals surface area contributed by atoms with E-state index in [0.29, 0.717) is 6.54 Å². The first-order valence-electron chi connectivity index (χ1n) is 14.5. The highest BCUT2D eigenvalue weighted by Gasteiger charge is 2.36. The van der Waals surface area contributed by atoms with E-state index in [1.807, 2.05) is 15.8 Å². The summed E-state index contributed by atoms with van der Waals surface area (Å²) in [5.74, 6) is 0.888. The predicted octanol–water partition coefficient (Wildman–Crippen LogP) is 7.19. The Morgan fingerprint density at radius 2 is 1.93 bits per heavy atom. The first kappa shape index (κ1) is 28.1. The molecule has 0 atom stereocenters. The van der Waals surface area contributed by atoms with Gasteiger partial charge >= 0.3 is 0 Å². The number of aromatic nitrogens is 4. The average molecular weight is 560 g/mol. The van der Waals surface area contributed by atoms with Crippen molar-refractivity contribution in [3.63, 3.8) is 0 Å². The van der Waals surface area contributed by atoms with E-state index in [2.05, 4.69) is 86.1 Å². The molecule has 8 heteroatoms. The van der Waals surface area contributed by atoms with Crippen LogP contribution in [0.25, 0.3) is 27.4 Å². The summed E-state index contributed by atoms with van der Waals surface area (Å²) in [7, 11) is 1.71. The van der Waals surface area contributed by atoms with Crippen LogP contribution in [0.2, 0.25) is 0 Å². The van der Waals surface area contributed by atoms with Crippen molar-refractivity contribution in [2.45, 2.75) is 85.7 Å². The van der Waals surface area contributed by atoms with Crippen molar-refractivity contribution in [3.05, 3.63) is 58.4 Å². The number of nitrogens with zero attached hydrogens (tertiary/aromatic N) is 5. The van der Waals surface area contributed by atoms with Crippen LogP contribution in [0.5, 0.6) is 5.75 Å². The summed E-state index contributed by atoms with van der Waals surface area (Å²) in [6.07, 6.45) is 6.52. The second kappa shape index (κ2) is 11.2. The van der Waals surface area contributed by atoms with Crippen LogP contribution in [0.15, 0.2) is 35.8 Å². The third-order valence-electron chi connectivity index (χ3n) is 7.76. The summed E-state index contributed by atoms with van der Waals surface area (Å²) >= 11 is 1.73. The minimum absolute atomic E-state index is 0.111. The smallest absolute Gasteiger partial charge is 0.271 e. The number of carbonyl (C=O) groups is 1. The minimum atomic E-state index is -0.278. The maximum Gasteiger partial charge on any atom is 0.271 e. The first-order chi connectivity index (χ1) is 19.2. The van der Waals surface area contributed by atoms with Gasteiger partial charge in [0.15, 0.2) is 0 Å². The molecule has 0 radical (unpaired) electrons. The van der Waals surface area contributed by atoms with Crippen molar-refractivity contribution >= 4 is 17.2 Å². The van der Waals surface area contributed by atoms with Crippen molar-refractivity contribution in [1.29, 1.82) is 0 Å². The fraction of sp³-hybridized carbons (Fsp3) is 0.469. The van der Waals surface area contributed by atoms with Gasteiger partial charge in [-0.2, -0.15) is 0 Å². The van der Waals surface area contributed by atoms with Crippen LogP contribution in [-0.4, -0.2) is 49.6 Å². The van der Waals surface area contributed by atoms with Crippen molar-refractivity contribution in [2.24, 2.45) is 0 Å². The van der Waals surface area contributed by atoms with Gasteiger partial charge in [-0.05, 0) is 81.7 Å². The monoisotopic (exact) mass is 559 g/mol. The van der Waals surface area contributed by atoms with Crippen LogP contribution < -0.4 is 4.74 Å². The highest BCUT2D eigenvalue weighted by atomic mass is 32.1. The number of benzene rings is 1. The molecule has 212 valence electrons. The third kappa shape index (κ3) is 4.87. The van der Waals surface area contributed by atoms with Gasteiger partial charge in [0, 0.05) is 34.6 Å². The van der Waals surface area contributed by atoms with E-state index >= 15 is 0 Å². The molecule has 1 aliphatic heterocycles. The van der Waals surface area contributed by atoms with Crippen molar-refractivity contribution in [1.82, 2.24) is 24.5 Å². The zero-order chi connectivity index (χ0) is 28.6. The van der Waals surface area contributed by atoms with Crippen LogP contribution in [0, 0.1) is 0 Å². The van der Waals surface area contributed by atoms with E-state index < -0.39 is 0 Å². The van der Waals surface area contributed by atoms with E-state index in [0.717, 1.165) is 78.3 Å². The normalized spacial score (nSPS) is 12.8. The molecule has 4 aromatic rings. The van der Waals surface area contributed by atoms with Crippen LogP contribution in [0.1, 0.15) is 81.7 Å². The highest BCUT2D eigenvalue weighted by molar-refractivity contribution is 7.13. The Hall–Kier alpha value is -3.39. The van der Waals surface area contributed by atoms with Gasteiger partial charge in [-0.15, -0.1) is 16.4 Å². The van der Waals surface area contributed by atoms with Gasteiger partial charge in [0.05, 0.1) is 24.7 Å². The van der Waals surface area contributed by atoms with Gasteiger partial charge in [-0.3, -0.25) is 4.79 Å². The van der Waals surface area contributed by atoms with Crippen molar-refractivity contribution < 1.29 is 9.53 Å². The standard InChI is InChI=1S/C32H41N5O2S/c1-8-12-22-20-37(34-33-22)25-19-24-21(18-26(25)39-7)15-16-35-29(24)28(27-14-11-17-40-27)23(13-9-2)30(35)31(38)36(10-3)32(4,5)6/h11,14,17-20H,8-10,12-13,15-16H2,1-7H3. The molecule has 1 aromatic carbocycles. The lowest BCUT2D eigenvalue weighted by atomic mass is 9.93. The molecule has 0 aliphatic carbocycles. The number of thiophene rings is 1. The summed E-state index contributed by atoms with van der Waals surface area (Å²) in [5.41, 5.74) is 8.21. The average Bonchev–Trinajstić information content (AvgIpc) is 3.67. The number of amides is 1. The molecule has 0 bridgehead atoms. The molecule has 40 heavy (non-hydrogen) atoms. The van der Waals surface area contributed by atoms with E-state index in [1.165, 1.54) is 16.0 Å². The maximum absolute atomic E-state index is 14.4. The summed E-state index contributed by atoms with van der Waals surface area (Å²) in [6, 6.07) is 8.62. The molecule has 0 unspecified atom stereocenters. The van der Waals surface area contributed by atoms with Crippen LogP contribution in [-0.2, 0) is 25.8 Å². The number of hydrogen-bond donors (Lipinski definition) is 0. The molecular weight excluding hydrogens is 518 g/mol. The van der Waals surface area contributed by atoms with Gasteiger partial charge in [-0.25, -0.2) is 4.68 Å². The molecule has 5 rings (SSSR count). The topological polar surface area (TPSA) is 65.2 Å². The molecule has 1 aliphatic rings. The summed E-state index contributed by atoms with van der Waals surface area (Å²) in [6.45, 7) is 14.2. The number of fused-ring (bicyclic) bond motifs is 3. The highest BCUT2D eigenvalue weighted by Crippen LogP contribution is 2.47. The molecule has 4 heterocycles. The van der Waals surface area contributed by atoms with Gasteiger partial charge in [0.2, 0.25) is 0 Å². The molecular formula is C32H41N5O2S. The number of aryl methyl sites for hydroxylation is 2. The maximum atomic E-state index is 14.4. The van der Waals surface area contributed by atoms with E-state index in [-0.39, 0.29) is 11.4 Å². The van der Waals surface area contributed by atoms with E-state index in [9.17, 15) is 4.79 Å². The molecule has 0 N–H and O–H groups in total. The lowest BCUT2D eigenvalue weighted by molar-refractivity contribution is 0.0586.